The largest absolute Gasteiger partial charge is 0.495 e. The molecular weight excluding hydrogens is 445 g/mol. The second kappa shape index (κ2) is 8.95. The fourth-order valence-corrected chi connectivity index (χ4v) is 3.69. The van der Waals surface area contributed by atoms with Crippen molar-refractivity contribution in [1.82, 2.24) is 4.98 Å². The lowest BCUT2D eigenvalue weighted by molar-refractivity contribution is -0.383. The van der Waals surface area contributed by atoms with Crippen molar-refractivity contribution in [3.63, 3.8) is 0 Å². The number of nitrogens with one attached hydrogen (secondary N) is 2. The van der Waals surface area contributed by atoms with E-state index in [9.17, 15) is 19.7 Å². The molecule has 0 saturated carbocycles. The molecule has 0 aliphatic carbocycles. The summed E-state index contributed by atoms with van der Waals surface area (Å²) in [6.07, 6.45) is 0.0788. The van der Waals surface area contributed by atoms with Crippen molar-refractivity contribution < 1.29 is 14.5 Å². The number of halogens is 2. The average Bonchev–Trinajstić information content (AvgIpc) is 2.68. The van der Waals surface area contributed by atoms with E-state index in [1.54, 1.807) is 12.1 Å². The summed E-state index contributed by atoms with van der Waals surface area (Å²) in [5.74, 6) is -0.213. The van der Waals surface area contributed by atoms with E-state index in [4.69, 9.17) is 27.9 Å². The number of ether oxygens (including phenoxy) is 1. The Balaban J connectivity index is 2.36. The number of methoxy groups -OCH3 is 1. The molecule has 0 amide bonds. The van der Waals surface area contributed by atoms with Crippen LogP contribution in [0.25, 0.3) is 10.9 Å². The molecule has 2 aromatic carbocycles. The summed E-state index contributed by atoms with van der Waals surface area (Å²) in [5, 5.41) is 15.0. The van der Waals surface area contributed by atoms with Crippen molar-refractivity contribution in [2.45, 2.75) is 20.3 Å². The van der Waals surface area contributed by atoms with Crippen LogP contribution in [0.4, 0.5) is 17.2 Å². The number of nitrogens with zero attached hydrogens (tertiary/aromatic N) is 1. The smallest absolute Gasteiger partial charge is 0.282 e. The van der Waals surface area contributed by atoms with E-state index in [2.05, 4.69) is 10.3 Å². The maximum atomic E-state index is 13.4. The average molecular weight is 464 g/mol. The van der Waals surface area contributed by atoms with E-state index in [-0.39, 0.29) is 45.4 Å². The van der Waals surface area contributed by atoms with E-state index in [0.29, 0.717) is 10.7 Å². The van der Waals surface area contributed by atoms with Crippen molar-refractivity contribution >= 4 is 57.1 Å². The number of Topliss-reactive ketones (excluding diaryl/α,β-unsaturated/α-hetero) is 1. The minimum Gasteiger partial charge on any atom is -0.495 e. The Morgan fingerprint density at radius 2 is 1.97 bits per heavy atom. The standard InChI is InChI=1S/C21H19Cl2N3O5/c1-10(2)8-15(27)18-20(28)17-14(26(29)30)6-7-16(31-3)19(17)25-21(18)24-13-5-4-11(22)9-12(13)23/h4-7,9-10H,8H2,1-3H3,(H2,24,25,28). The van der Waals surface area contributed by atoms with Gasteiger partial charge in [-0.05, 0) is 30.2 Å². The zero-order valence-corrected chi connectivity index (χ0v) is 18.4. The summed E-state index contributed by atoms with van der Waals surface area (Å²) in [7, 11) is 1.37. The van der Waals surface area contributed by atoms with E-state index in [0.717, 1.165) is 0 Å². The molecule has 0 radical (unpaired) electrons. The van der Waals surface area contributed by atoms with Crippen LogP contribution < -0.4 is 15.5 Å². The van der Waals surface area contributed by atoms with Crippen LogP contribution in [-0.4, -0.2) is 22.8 Å². The van der Waals surface area contributed by atoms with Crippen molar-refractivity contribution in [2.75, 3.05) is 12.4 Å². The fraction of sp³-hybridized carbons (Fsp3) is 0.238. The van der Waals surface area contributed by atoms with Gasteiger partial charge in [-0.2, -0.15) is 0 Å². The Labute approximate surface area is 187 Å². The first-order valence-electron chi connectivity index (χ1n) is 9.30. The number of H-pyrrole nitrogens is 1. The first kappa shape index (κ1) is 22.6. The highest BCUT2D eigenvalue weighted by atomic mass is 35.5. The second-order valence-corrected chi connectivity index (χ2v) is 8.11. The van der Waals surface area contributed by atoms with Gasteiger partial charge < -0.3 is 15.0 Å². The maximum Gasteiger partial charge on any atom is 0.282 e. The summed E-state index contributed by atoms with van der Waals surface area (Å²) >= 11 is 12.2. The molecule has 8 nitrogen and oxygen atoms in total. The van der Waals surface area contributed by atoms with Crippen molar-refractivity contribution in [1.29, 1.82) is 0 Å². The molecule has 0 unspecified atom stereocenters. The molecule has 0 saturated heterocycles. The number of hydrogen-bond donors (Lipinski definition) is 2. The minimum absolute atomic E-state index is 0.0325. The van der Waals surface area contributed by atoms with Crippen molar-refractivity contribution in [3.05, 3.63) is 66.3 Å². The Hall–Kier alpha value is -3.10. The number of aromatic amines is 1. The van der Waals surface area contributed by atoms with Gasteiger partial charge >= 0.3 is 0 Å². The highest BCUT2D eigenvalue weighted by Gasteiger charge is 2.27. The molecule has 1 aromatic heterocycles. The van der Waals surface area contributed by atoms with E-state index >= 15 is 0 Å². The zero-order chi connectivity index (χ0) is 22.9. The summed E-state index contributed by atoms with van der Waals surface area (Å²) in [5.41, 5.74) is -0.924. The van der Waals surface area contributed by atoms with E-state index in [1.165, 1.54) is 25.3 Å². The number of rotatable bonds is 7. The summed E-state index contributed by atoms with van der Waals surface area (Å²) in [6.45, 7) is 3.67. The van der Waals surface area contributed by atoms with Gasteiger partial charge in [0, 0.05) is 17.5 Å². The van der Waals surface area contributed by atoms with Crippen molar-refractivity contribution in [3.8, 4) is 5.75 Å². The van der Waals surface area contributed by atoms with Crippen molar-refractivity contribution in [2.24, 2.45) is 5.92 Å². The molecule has 0 spiro atoms. The molecule has 0 fully saturated rings. The third kappa shape index (κ3) is 4.50. The summed E-state index contributed by atoms with van der Waals surface area (Å²) < 4.78 is 5.28. The van der Waals surface area contributed by atoms with Crippen LogP contribution in [0.2, 0.25) is 10.0 Å². The number of carbonyl (C=O) groups is 1. The highest BCUT2D eigenvalue weighted by molar-refractivity contribution is 6.36. The Morgan fingerprint density at radius 1 is 1.26 bits per heavy atom. The van der Waals surface area contributed by atoms with Gasteiger partial charge in [-0.3, -0.25) is 19.7 Å². The van der Waals surface area contributed by atoms with Gasteiger partial charge in [-0.25, -0.2) is 0 Å². The van der Waals surface area contributed by atoms with Gasteiger partial charge in [0.15, 0.2) is 5.78 Å². The van der Waals surface area contributed by atoms with Crippen LogP contribution in [0.5, 0.6) is 5.75 Å². The predicted octanol–water partition coefficient (Wildman–Crippen LogP) is 5.72. The molecule has 10 heteroatoms. The molecule has 1 heterocycles. The van der Waals surface area contributed by atoms with Crippen LogP contribution in [0, 0.1) is 16.0 Å². The molecule has 0 aliphatic heterocycles. The SMILES string of the molecule is COc1ccc([N+](=O)[O-])c2c(=O)c(C(=O)CC(C)C)c(Nc3ccc(Cl)cc3Cl)[nH]c12. The van der Waals surface area contributed by atoms with Gasteiger partial charge in [0.1, 0.15) is 28.0 Å². The van der Waals surface area contributed by atoms with E-state index in [1.807, 2.05) is 13.8 Å². The lowest BCUT2D eigenvalue weighted by Crippen LogP contribution is -2.21. The second-order valence-electron chi connectivity index (χ2n) is 7.27. The highest BCUT2D eigenvalue weighted by Crippen LogP contribution is 2.34. The molecule has 0 bridgehead atoms. The van der Waals surface area contributed by atoms with Crippen LogP contribution in [0.15, 0.2) is 35.1 Å². The monoisotopic (exact) mass is 463 g/mol. The normalized spacial score (nSPS) is 11.0. The van der Waals surface area contributed by atoms with Crippen LogP contribution >= 0.6 is 23.2 Å². The number of anilines is 2. The number of ketones is 1. The number of benzene rings is 2. The van der Waals surface area contributed by atoms with E-state index < -0.39 is 21.8 Å². The minimum atomic E-state index is -0.766. The van der Waals surface area contributed by atoms with Gasteiger partial charge in [-0.1, -0.05) is 37.0 Å². The number of non-ortho nitro benzene ring substituents is 1. The third-order valence-corrected chi connectivity index (χ3v) is 5.13. The van der Waals surface area contributed by atoms with Gasteiger partial charge in [-0.15, -0.1) is 0 Å². The maximum absolute atomic E-state index is 13.4. The predicted molar refractivity (Wildman–Crippen MR) is 121 cm³/mol. The number of fused-ring (bicyclic) bond motifs is 1. The molecule has 3 rings (SSSR count). The summed E-state index contributed by atoms with van der Waals surface area (Å²) in [6, 6.07) is 7.25. The summed E-state index contributed by atoms with van der Waals surface area (Å²) in [4.78, 5) is 40.2. The Morgan fingerprint density at radius 3 is 2.55 bits per heavy atom. The molecule has 2 N–H and O–H groups in total. The quantitative estimate of drug-likeness (QED) is 0.262. The van der Waals surface area contributed by atoms with Gasteiger partial charge in [0.05, 0.1) is 22.7 Å². The first-order valence-corrected chi connectivity index (χ1v) is 10.1. The molecule has 0 atom stereocenters. The fourth-order valence-electron chi connectivity index (χ4n) is 3.23. The van der Waals surface area contributed by atoms with Gasteiger partial charge in [0.2, 0.25) is 5.43 Å². The number of nitro groups is 1. The molecule has 0 aliphatic rings. The number of carbonyl (C=O) groups excluding carboxylic acids is 1. The third-order valence-electron chi connectivity index (χ3n) is 4.58. The van der Waals surface area contributed by atoms with Crippen LogP contribution in [0.3, 0.4) is 0 Å². The molecule has 31 heavy (non-hydrogen) atoms. The zero-order valence-electron chi connectivity index (χ0n) is 16.9. The molecular formula is C21H19Cl2N3O5. The topological polar surface area (TPSA) is 114 Å². The molecule has 3 aromatic rings. The lowest BCUT2D eigenvalue weighted by Gasteiger charge is -2.16. The number of hydrogen-bond acceptors (Lipinski definition) is 6. The van der Waals surface area contributed by atoms with Crippen LogP contribution in [-0.2, 0) is 0 Å². The lowest BCUT2D eigenvalue weighted by atomic mass is 9.99. The first-order chi connectivity index (χ1) is 14.6. The molecule has 162 valence electrons. The van der Waals surface area contributed by atoms with Crippen LogP contribution in [0.1, 0.15) is 30.6 Å². The number of nitro benzene ring substituents is 1. The Kier molecular flexibility index (Phi) is 6.52. The number of pyridine rings is 1. The Bertz CT molecular complexity index is 1250. The van der Waals surface area contributed by atoms with Gasteiger partial charge in [0.25, 0.3) is 5.69 Å². The number of aromatic nitrogens is 1.